The van der Waals surface area contributed by atoms with Crippen molar-refractivity contribution in [2.45, 2.75) is 25.2 Å². The summed E-state index contributed by atoms with van der Waals surface area (Å²) in [6, 6.07) is 14.6. The Morgan fingerprint density at radius 1 is 1.26 bits per heavy atom. The molecular weight excluding hydrogens is 343 g/mol. The summed E-state index contributed by atoms with van der Waals surface area (Å²) in [5.74, 6) is 0.770. The molecule has 1 aromatic heterocycles. The number of likely N-dealkylation sites (tertiary alicyclic amines) is 1. The maximum absolute atomic E-state index is 13.9. The van der Waals surface area contributed by atoms with Crippen molar-refractivity contribution >= 4 is 16.8 Å². The van der Waals surface area contributed by atoms with Crippen molar-refractivity contribution in [3.63, 3.8) is 0 Å². The third-order valence-electron chi connectivity index (χ3n) is 5.36. The molecule has 1 saturated heterocycles. The average molecular weight is 366 g/mol. The molecule has 4 nitrogen and oxygen atoms in total. The van der Waals surface area contributed by atoms with E-state index in [1.165, 1.54) is 6.07 Å². The second-order valence-corrected chi connectivity index (χ2v) is 7.12. The first kappa shape index (κ1) is 17.6. The molecule has 3 aromatic rings. The SMILES string of the molecule is COc1ccc2[nH]c(C3CCCN(C(=O)Cc4ccccc4F)C3)cc2c1. The van der Waals surface area contributed by atoms with E-state index in [0.29, 0.717) is 12.1 Å². The van der Waals surface area contributed by atoms with Gasteiger partial charge in [0.1, 0.15) is 11.6 Å². The summed E-state index contributed by atoms with van der Waals surface area (Å²) in [5.41, 5.74) is 2.67. The van der Waals surface area contributed by atoms with E-state index in [2.05, 4.69) is 11.1 Å². The number of hydrogen-bond acceptors (Lipinski definition) is 2. The van der Waals surface area contributed by atoms with Gasteiger partial charge in [-0.2, -0.15) is 0 Å². The minimum absolute atomic E-state index is 0.0115. The lowest BCUT2D eigenvalue weighted by atomic mass is 9.94. The lowest BCUT2D eigenvalue weighted by Crippen LogP contribution is -2.40. The van der Waals surface area contributed by atoms with Crippen LogP contribution in [-0.2, 0) is 11.2 Å². The van der Waals surface area contributed by atoms with Crippen LogP contribution >= 0.6 is 0 Å². The van der Waals surface area contributed by atoms with E-state index in [1.54, 1.807) is 25.3 Å². The average Bonchev–Trinajstić information content (AvgIpc) is 3.13. The second kappa shape index (κ2) is 7.43. The van der Waals surface area contributed by atoms with Crippen LogP contribution in [0.4, 0.5) is 4.39 Å². The molecule has 2 aromatic carbocycles. The number of methoxy groups -OCH3 is 1. The highest BCUT2D eigenvalue weighted by atomic mass is 19.1. The minimum Gasteiger partial charge on any atom is -0.497 e. The molecule has 0 bridgehead atoms. The second-order valence-electron chi connectivity index (χ2n) is 7.12. The molecule has 1 fully saturated rings. The summed E-state index contributed by atoms with van der Waals surface area (Å²) in [7, 11) is 1.66. The van der Waals surface area contributed by atoms with Gasteiger partial charge in [0.25, 0.3) is 0 Å². The lowest BCUT2D eigenvalue weighted by molar-refractivity contribution is -0.131. The quantitative estimate of drug-likeness (QED) is 0.750. The molecule has 1 N–H and O–H groups in total. The molecule has 0 aliphatic carbocycles. The number of aromatic amines is 1. The van der Waals surface area contributed by atoms with Gasteiger partial charge in [0.2, 0.25) is 5.91 Å². The van der Waals surface area contributed by atoms with Gasteiger partial charge in [0.15, 0.2) is 0 Å². The van der Waals surface area contributed by atoms with Crippen LogP contribution in [0.2, 0.25) is 0 Å². The van der Waals surface area contributed by atoms with Crippen molar-refractivity contribution < 1.29 is 13.9 Å². The van der Waals surface area contributed by atoms with Gasteiger partial charge in [-0.3, -0.25) is 4.79 Å². The van der Waals surface area contributed by atoms with E-state index in [-0.39, 0.29) is 24.1 Å². The van der Waals surface area contributed by atoms with Crippen LogP contribution in [0, 0.1) is 5.82 Å². The zero-order valence-corrected chi connectivity index (χ0v) is 15.4. The normalized spacial score (nSPS) is 17.3. The Kier molecular flexibility index (Phi) is 4.84. The van der Waals surface area contributed by atoms with Gasteiger partial charge in [-0.15, -0.1) is 0 Å². The Morgan fingerprint density at radius 3 is 2.93 bits per heavy atom. The zero-order chi connectivity index (χ0) is 18.8. The van der Waals surface area contributed by atoms with Gasteiger partial charge < -0.3 is 14.6 Å². The van der Waals surface area contributed by atoms with Crippen molar-refractivity contribution in [1.82, 2.24) is 9.88 Å². The third kappa shape index (κ3) is 3.68. The summed E-state index contributed by atoms with van der Waals surface area (Å²) < 4.78 is 19.1. The predicted octanol–water partition coefficient (Wildman–Crippen LogP) is 4.26. The third-order valence-corrected chi connectivity index (χ3v) is 5.36. The Balaban J connectivity index is 1.49. The smallest absolute Gasteiger partial charge is 0.227 e. The highest BCUT2D eigenvalue weighted by Crippen LogP contribution is 2.30. The first-order chi connectivity index (χ1) is 13.1. The number of carbonyl (C=O) groups is 1. The lowest BCUT2D eigenvalue weighted by Gasteiger charge is -2.32. The van der Waals surface area contributed by atoms with Crippen LogP contribution in [0.1, 0.15) is 30.0 Å². The first-order valence-corrected chi connectivity index (χ1v) is 9.32. The topological polar surface area (TPSA) is 45.3 Å². The molecule has 0 saturated carbocycles. The summed E-state index contributed by atoms with van der Waals surface area (Å²) in [6.07, 6.45) is 2.10. The number of fused-ring (bicyclic) bond motifs is 1. The van der Waals surface area contributed by atoms with Crippen molar-refractivity contribution in [3.05, 3.63) is 65.6 Å². The molecule has 0 radical (unpaired) electrons. The number of nitrogens with zero attached hydrogens (tertiary/aromatic N) is 1. The van der Waals surface area contributed by atoms with Crippen molar-refractivity contribution in [2.75, 3.05) is 20.2 Å². The molecule has 140 valence electrons. The van der Waals surface area contributed by atoms with Gasteiger partial charge >= 0.3 is 0 Å². The Hall–Kier alpha value is -2.82. The summed E-state index contributed by atoms with van der Waals surface area (Å²) >= 11 is 0. The van der Waals surface area contributed by atoms with E-state index >= 15 is 0 Å². The Morgan fingerprint density at radius 2 is 2.11 bits per heavy atom. The van der Waals surface area contributed by atoms with Crippen LogP contribution in [0.25, 0.3) is 10.9 Å². The fourth-order valence-corrected chi connectivity index (χ4v) is 3.85. The van der Waals surface area contributed by atoms with Crippen molar-refractivity contribution in [2.24, 2.45) is 0 Å². The van der Waals surface area contributed by atoms with Gasteiger partial charge in [0.05, 0.1) is 13.5 Å². The van der Waals surface area contributed by atoms with E-state index in [1.807, 2.05) is 23.1 Å². The molecule has 27 heavy (non-hydrogen) atoms. The van der Waals surface area contributed by atoms with E-state index in [0.717, 1.165) is 41.7 Å². The summed E-state index contributed by atoms with van der Waals surface area (Å²) in [5, 5.41) is 1.11. The molecule has 1 unspecified atom stereocenters. The van der Waals surface area contributed by atoms with Crippen LogP contribution in [0.15, 0.2) is 48.5 Å². The summed E-state index contributed by atoms with van der Waals surface area (Å²) in [6.45, 7) is 1.40. The Labute approximate surface area is 157 Å². The minimum atomic E-state index is -0.316. The van der Waals surface area contributed by atoms with E-state index in [9.17, 15) is 9.18 Å². The zero-order valence-electron chi connectivity index (χ0n) is 15.4. The fraction of sp³-hybridized carbons (Fsp3) is 0.318. The first-order valence-electron chi connectivity index (χ1n) is 9.32. The molecule has 0 spiro atoms. The number of amides is 1. The highest BCUT2D eigenvalue weighted by Gasteiger charge is 2.26. The van der Waals surface area contributed by atoms with Gasteiger partial charge in [-0.25, -0.2) is 4.39 Å². The molecule has 5 heteroatoms. The number of nitrogens with one attached hydrogen (secondary N) is 1. The molecule has 1 atom stereocenters. The van der Waals surface area contributed by atoms with Crippen LogP contribution in [-0.4, -0.2) is 36.0 Å². The number of aromatic nitrogens is 1. The molecule has 1 aliphatic heterocycles. The fourth-order valence-electron chi connectivity index (χ4n) is 3.85. The molecule has 4 rings (SSSR count). The molecular formula is C22H23FN2O2. The van der Waals surface area contributed by atoms with E-state index < -0.39 is 0 Å². The van der Waals surface area contributed by atoms with Crippen molar-refractivity contribution in [3.8, 4) is 5.75 Å². The van der Waals surface area contributed by atoms with Crippen LogP contribution < -0.4 is 4.74 Å². The molecule has 1 aliphatic rings. The number of hydrogen-bond donors (Lipinski definition) is 1. The number of H-pyrrole nitrogens is 1. The Bertz CT molecular complexity index is 966. The maximum Gasteiger partial charge on any atom is 0.227 e. The highest BCUT2D eigenvalue weighted by molar-refractivity contribution is 5.82. The standard InChI is InChI=1S/C22H23FN2O2/c1-27-18-8-9-20-17(11-18)12-21(24-20)16-6-4-10-25(14-16)22(26)13-15-5-2-3-7-19(15)23/h2-3,5,7-9,11-12,16,24H,4,6,10,13-14H2,1H3. The van der Waals surface area contributed by atoms with Crippen LogP contribution in [0.3, 0.4) is 0 Å². The van der Waals surface area contributed by atoms with Crippen molar-refractivity contribution in [1.29, 1.82) is 0 Å². The number of halogens is 1. The largest absolute Gasteiger partial charge is 0.497 e. The number of rotatable bonds is 4. The van der Waals surface area contributed by atoms with Gasteiger partial charge in [-0.05, 0) is 48.7 Å². The number of ether oxygens (including phenoxy) is 1. The number of piperidine rings is 1. The maximum atomic E-state index is 13.9. The molecule has 1 amide bonds. The molecule has 2 heterocycles. The van der Waals surface area contributed by atoms with Gasteiger partial charge in [0, 0.05) is 35.6 Å². The predicted molar refractivity (Wildman–Crippen MR) is 104 cm³/mol. The van der Waals surface area contributed by atoms with Gasteiger partial charge in [-0.1, -0.05) is 18.2 Å². The van der Waals surface area contributed by atoms with Crippen LogP contribution in [0.5, 0.6) is 5.75 Å². The summed E-state index contributed by atoms with van der Waals surface area (Å²) in [4.78, 5) is 18.0. The van der Waals surface area contributed by atoms with E-state index in [4.69, 9.17) is 4.74 Å². The monoisotopic (exact) mass is 366 g/mol. The number of carbonyl (C=O) groups excluding carboxylic acids is 1. The number of benzene rings is 2.